The summed E-state index contributed by atoms with van der Waals surface area (Å²) in [4.78, 5) is 16.1. The summed E-state index contributed by atoms with van der Waals surface area (Å²) in [6, 6.07) is 18.9. The second-order valence-electron chi connectivity index (χ2n) is 7.75. The fourth-order valence-corrected chi connectivity index (χ4v) is 2.55. The first-order valence-electron chi connectivity index (χ1n) is 11.3. The molecule has 0 unspecified atom stereocenters. The van der Waals surface area contributed by atoms with Gasteiger partial charge in [0.2, 0.25) is 0 Å². The van der Waals surface area contributed by atoms with Gasteiger partial charge in [-0.1, -0.05) is 66.7 Å². The molecular formula is C27H42N5Pd+. The summed E-state index contributed by atoms with van der Waals surface area (Å²) in [6.45, 7) is 19.0. The van der Waals surface area contributed by atoms with E-state index >= 15 is 0 Å². The van der Waals surface area contributed by atoms with Gasteiger partial charge in [0.15, 0.2) is 0 Å². The van der Waals surface area contributed by atoms with Crippen molar-refractivity contribution in [2.75, 3.05) is 6.54 Å². The van der Waals surface area contributed by atoms with Crippen molar-refractivity contribution in [1.29, 1.82) is 0 Å². The molecule has 0 N–H and O–H groups in total. The molecule has 0 radical (unpaired) electrons. The molecule has 0 spiro atoms. The van der Waals surface area contributed by atoms with Gasteiger partial charge in [0.25, 0.3) is 0 Å². The van der Waals surface area contributed by atoms with Gasteiger partial charge in [-0.15, -0.1) is 0 Å². The van der Waals surface area contributed by atoms with E-state index in [9.17, 15) is 0 Å². The van der Waals surface area contributed by atoms with Crippen LogP contribution in [0.25, 0.3) is 0 Å². The second-order valence-corrected chi connectivity index (χ2v) is 7.75. The molecule has 33 heavy (non-hydrogen) atoms. The van der Waals surface area contributed by atoms with Gasteiger partial charge in [0, 0.05) is 37.2 Å². The van der Waals surface area contributed by atoms with Crippen molar-refractivity contribution >= 4 is 0 Å². The Morgan fingerprint density at radius 2 is 0.848 bits per heavy atom. The molecule has 3 aromatic rings. The molecule has 6 heteroatoms. The third kappa shape index (κ3) is 20.4. The van der Waals surface area contributed by atoms with Gasteiger partial charge in [0.05, 0.1) is 0 Å². The quantitative estimate of drug-likeness (QED) is 0.274. The van der Waals surface area contributed by atoms with Crippen molar-refractivity contribution in [3.63, 3.8) is 0 Å². The predicted molar refractivity (Wildman–Crippen MR) is 137 cm³/mol. The van der Waals surface area contributed by atoms with Crippen LogP contribution in [0.5, 0.6) is 0 Å². The first kappa shape index (κ1) is 33.2. The van der Waals surface area contributed by atoms with Crippen LogP contribution in [0.2, 0.25) is 0 Å². The van der Waals surface area contributed by atoms with E-state index in [4.69, 9.17) is 0 Å². The predicted octanol–water partition coefficient (Wildman–Crippen LogP) is 6.20. The Balaban J connectivity index is 0. The Labute approximate surface area is 216 Å². The molecule has 0 aliphatic heterocycles. The normalized spacial score (nSPS) is 9.82. The zero-order valence-corrected chi connectivity index (χ0v) is 22.8. The fraction of sp³-hybridized carbons (Fsp3) is 0.407. The maximum absolute atomic E-state index is 3.78. The van der Waals surface area contributed by atoms with Crippen LogP contribution in [0.1, 0.15) is 48.5 Å². The molecule has 3 aromatic heterocycles. The molecule has 0 saturated carbocycles. The Morgan fingerprint density at radius 1 is 0.545 bits per heavy atom. The molecule has 0 fully saturated rings. The van der Waals surface area contributed by atoms with Gasteiger partial charge in [0.1, 0.15) is 0 Å². The third-order valence-electron chi connectivity index (χ3n) is 4.20. The molecule has 184 valence electrons. The minimum Gasteiger partial charge on any atom is -0.441 e. The average molecular weight is 543 g/mol. The molecule has 0 aromatic carbocycles. The zero-order chi connectivity index (χ0) is 24.0. The smallest absolute Gasteiger partial charge is 0.441 e. The minimum atomic E-state index is 0. The number of hydrogen-bond donors (Lipinski definition) is 0. The second kappa shape index (κ2) is 23.2. The van der Waals surface area contributed by atoms with E-state index in [0.29, 0.717) is 18.1 Å². The summed E-state index contributed by atoms with van der Waals surface area (Å²) >= 11 is 0. The summed E-state index contributed by atoms with van der Waals surface area (Å²) in [6.07, 6.45) is 10.5. The van der Waals surface area contributed by atoms with Gasteiger partial charge in [-0.2, -0.15) is 0 Å². The van der Waals surface area contributed by atoms with Crippen LogP contribution in [-0.4, -0.2) is 49.4 Å². The van der Waals surface area contributed by atoms with E-state index in [-0.39, 0.29) is 20.4 Å². The molecule has 3 rings (SSSR count). The summed E-state index contributed by atoms with van der Waals surface area (Å²) in [5, 5.41) is 0. The van der Waals surface area contributed by atoms with Gasteiger partial charge in [-0.3, -0.25) is 15.0 Å². The van der Waals surface area contributed by atoms with E-state index in [0.717, 1.165) is 6.54 Å². The monoisotopic (exact) mass is 542 g/mol. The van der Waals surface area contributed by atoms with Crippen LogP contribution in [0.15, 0.2) is 91.8 Å². The maximum atomic E-state index is 3.78. The summed E-state index contributed by atoms with van der Waals surface area (Å²) in [5.41, 5.74) is 0. The van der Waals surface area contributed by atoms with E-state index < -0.39 is 0 Å². The van der Waals surface area contributed by atoms with Crippen molar-refractivity contribution in [2.45, 2.75) is 66.6 Å². The van der Waals surface area contributed by atoms with Crippen LogP contribution >= 0.6 is 0 Å². The van der Waals surface area contributed by atoms with Crippen molar-refractivity contribution in [3.05, 3.63) is 98.4 Å². The summed E-state index contributed by atoms with van der Waals surface area (Å²) in [7, 11) is 0. The van der Waals surface area contributed by atoms with E-state index in [1.165, 1.54) is 0 Å². The largest absolute Gasteiger partial charge is 2.00 e. The standard InChI is InChI=1S/C12H27N2.3C5H5N.Pd/c1-8-13(10(2)3)9-14(11(4)5)12(6)7;3*1-2-4-6-5-3-1;/h9-12H,8H2,1-7H3;3*1-5H;/q-1;;;;+2. The molecule has 0 bridgehead atoms. The van der Waals surface area contributed by atoms with Gasteiger partial charge < -0.3 is 9.80 Å². The fourth-order valence-electron chi connectivity index (χ4n) is 2.55. The van der Waals surface area contributed by atoms with Crippen molar-refractivity contribution in [1.82, 2.24) is 24.8 Å². The number of rotatable bonds is 6. The molecular weight excluding hydrogens is 501 g/mol. The van der Waals surface area contributed by atoms with Crippen LogP contribution in [0.4, 0.5) is 0 Å². The Bertz CT molecular complexity index is 549. The van der Waals surface area contributed by atoms with E-state index in [1.807, 2.05) is 54.6 Å². The first-order chi connectivity index (χ1) is 15.4. The molecule has 0 atom stereocenters. The van der Waals surface area contributed by atoms with Crippen LogP contribution in [-0.2, 0) is 20.4 Å². The van der Waals surface area contributed by atoms with Crippen LogP contribution in [0.3, 0.4) is 0 Å². The SMILES string of the molecule is CCN([CH-]N(C(C)C)C(C)C)C(C)C.[Pd+2].c1ccncc1.c1ccncc1.c1ccncc1. The molecule has 0 saturated heterocycles. The number of aromatic nitrogens is 3. The van der Waals surface area contributed by atoms with Crippen molar-refractivity contribution in [3.8, 4) is 0 Å². The molecule has 5 nitrogen and oxygen atoms in total. The van der Waals surface area contributed by atoms with Gasteiger partial charge in [-0.25, -0.2) is 6.67 Å². The third-order valence-corrected chi connectivity index (χ3v) is 4.20. The number of pyridine rings is 3. The van der Waals surface area contributed by atoms with Crippen molar-refractivity contribution < 1.29 is 20.4 Å². The summed E-state index contributed by atoms with van der Waals surface area (Å²) < 4.78 is 0. The molecule has 0 amide bonds. The van der Waals surface area contributed by atoms with Gasteiger partial charge in [-0.05, 0) is 61.1 Å². The molecule has 3 heterocycles. The minimum absolute atomic E-state index is 0. The summed E-state index contributed by atoms with van der Waals surface area (Å²) in [5.74, 6) is 0. The van der Waals surface area contributed by atoms with E-state index in [1.54, 1.807) is 37.2 Å². The molecule has 0 aliphatic rings. The topological polar surface area (TPSA) is 45.2 Å². The Morgan fingerprint density at radius 3 is 0.970 bits per heavy atom. The van der Waals surface area contributed by atoms with Crippen LogP contribution < -0.4 is 0 Å². The molecule has 0 aliphatic carbocycles. The number of hydrogen-bond acceptors (Lipinski definition) is 5. The maximum Gasteiger partial charge on any atom is 2.00 e. The average Bonchev–Trinajstić information content (AvgIpc) is 2.83. The van der Waals surface area contributed by atoms with Crippen molar-refractivity contribution in [2.24, 2.45) is 0 Å². The van der Waals surface area contributed by atoms with Crippen LogP contribution in [0, 0.1) is 6.67 Å². The first-order valence-corrected chi connectivity index (χ1v) is 11.3. The number of nitrogens with zero attached hydrogens (tertiary/aromatic N) is 5. The van der Waals surface area contributed by atoms with E-state index in [2.05, 4.69) is 79.9 Å². The van der Waals surface area contributed by atoms with Gasteiger partial charge >= 0.3 is 20.4 Å². The Hall–Kier alpha value is -1.97. The Kier molecular flexibility index (Phi) is 23.3. The zero-order valence-electron chi connectivity index (χ0n) is 21.2.